The zero-order valence-corrected chi connectivity index (χ0v) is 17.7. The van der Waals surface area contributed by atoms with Crippen LogP contribution in [0.3, 0.4) is 0 Å². The second-order valence-corrected chi connectivity index (χ2v) is 8.04. The average molecular weight is 467 g/mol. The maximum atomic E-state index is 6.20. The molecule has 1 aliphatic heterocycles. The first kappa shape index (κ1) is 18.2. The maximum Gasteiger partial charge on any atom is 0.247 e. The van der Waals surface area contributed by atoms with Crippen LogP contribution >= 0.6 is 27.7 Å². The molecule has 0 spiro atoms. The highest BCUT2D eigenvalue weighted by Gasteiger charge is 2.27. The van der Waals surface area contributed by atoms with Crippen LogP contribution in [0.15, 0.2) is 74.7 Å². The summed E-state index contributed by atoms with van der Waals surface area (Å²) in [6.07, 6.45) is 1.36. The van der Waals surface area contributed by atoms with Gasteiger partial charge in [-0.05, 0) is 36.6 Å². The standard InChI is InChI=1S/C21H15BrN4O2S/c1-29-21-24-20-18(25-26-21)14-4-2-3-5-15(14)23-19(28-20)17-11-10-16(27-17)12-6-8-13(22)9-7-12/h2-11,19,23H,1H3. The molecule has 0 saturated heterocycles. The molecule has 8 heteroatoms. The Morgan fingerprint density at radius 3 is 2.66 bits per heavy atom. The van der Waals surface area contributed by atoms with Gasteiger partial charge in [-0.3, -0.25) is 0 Å². The van der Waals surface area contributed by atoms with Crippen LogP contribution < -0.4 is 10.1 Å². The van der Waals surface area contributed by atoms with Gasteiger partial charge in [0.05, 0.1) is 0 Å². The minimum absolute atomic E-state index is 0.424. The van der Waals surface area contributed by atoms with Gasteiger partial charge in [0.25, 0.3) is 0 Å². The SMILES string of the molecule is CSc1nnc2c(n1)OC(c1ccc(-c3ccc(Br)cc3)o1)Nc1ccccc1-2. The lowest BCUT2D eigenvalue weighted by Gasteiger charge is -2.16. The maximum absolute atomic E-state index is 6.20. The first-order valence-electron chi connectivity index (χ1n) is 8.88. The third-order valence-corrected chi connectivity index (χ3v) is 5.60. The number of benzene rings is 2. The summed E-state index contributed by atoms with van der Waals surface area (Å²) in [5, 5.41) is 12.5. The fourth-order valence-electron chi connectivity index (χ4n) is 3.13. The topological polar surface area (TPSA) is 73.1 Å². The zero-order valence-electron chi connectivity index (χ0n) is 15.3. The molecule has 1 N–H and O–H groups in total. The molecule has 4 aromatic rings. The number of ether oxygens (including phenoxy) is 1. The lowest BCUT2D eigenvalue weighted by Crippen LogP contribution is -2.16. The minimum atomic E-state index is -0.548. The Morgan fingerprint density at radius 1 is 1.00 bits per heavy atom. The summed E-state index contributed by atoms with van der Waals surface area (Å²) < 4.78 is 13.3. The Balaban J connectivity index is 1.56. The van der Waals surface area contributed by atoms with Gasteiger partial charge < -0.3 is 14.5 Å². The van der Waals surface area contributed by atoms with E-state index in [0.717, 1.165) is 27.0 Å². The number of thioether (sulfide) groups is 1. The highest BCUT2D eigenvalue weighted by Crippen LogP contribution is 2.40. The Bertz CT molecular complexity index is 1180. The summed E-state index contributed by atoms with van der Waals surface area (Å²) in [6.45, 7) is 0. The van der Waals surface area contributed by atoms with Gasteiger partial charge in [-0.15, -0.1) is 10.2 Å². The molecule has 2 aromatic heterocycles. The van der Waals surface area contributed by atoms with Crippen LogP contribution in [0.5, 0.6) is 5.88 Å². The molecule has 144 valence electrons. The molecular weight excluding hydrogens is 452 g/mol. The van der Waals surface area contributed by atoms with Crippen molar-refractivity contribution in [2.24, 2.45) is 0 Å². The Labute approximate surface area is 179 Å². The van der Waals surface area contributed by atoms with Gasteiger partial charge in [0.2, 0.25) is 17.3 Å². The predicted molar refractivity (Wildman–Crippen MR) is 116 cm³/mol. The van der Waals surface area contributed by atoms with Crippen LogP contribution in [0.25, 0.3) is 22.6 Å². The number of hydrogen-bond acceptors (Lipinski definition) is 7. The fraction of sp³-hybridized carbons (Fsp3) is 0.0952. The number of nitrogens with zero attached hydrogens (tertiary/aromatic N) is 3. The molecule has 1 atom stereocenters. The van der Waals surface area contributed by atoms with Crippen LogP contribution in [-0.4, -0.2) is 21.4 Å². The Kier molecular flexibility index (Phi) is 4.73. The van der Waals surface area contributed by atoms with Crippen LogP contribution in [0.4, 0.5) is 5.69 Å². The van der Waals surface area contributed by atoms with E-state index in [1.165, 1.54) is 11.8 Å². The molecule has 0 radical (unpaired) electrons. The molecular formula is C21H15BrN4O2S. The number of halogens is 1. The van der Waals surface area contributed by atoms with E-state index in [9.17, 15) is 0 Å². The lowest BCUT2D eigenvalue weighted by atomic mass is 10.1. The molecule has 29 heavy (non-hydrogen) atoms. The van der Waals surface area contributed by atoms with Gasteiger partial charge in [0.1, 0.15) is 5.76 Å². The van der Waals surface area contributed by atoms with Crippen molar-refractivity contribution < 1.29 is 9.15 Å². The van der Waals surface area contributed by atoms with Crippen LogP contribution in [-0.2, 0) is 0 Å². The monoisotopic (exact) mass is 466 g/mol. The Morgan fingerprint density at radius 2 is 1.83 bits per heavy atom. The first-order valence-corrected chi connectivity index (χ1v) is 10.9. The summed E-state index contributed by atoms with van der Waals surface area (Å²) >= 11 is 4.87. The number of hydrogen-bond donors (Lipinski definition) is 1. The smallest absolute Gasteiger partial charge is 0.247 e. The fourth-order valence-corrected chi connectivity index (χ4v) is 3.69. The number of anilines is 1. The molecule has 0 fully saturated rings. The number of furan rings is 1. The van der Waals surface area contributed by atoms with E-state index in [1.54, 1.807) is 0 Å². The minimum Gasteiger partial charge on any atom is -0.455 e. The molecule has 2 aromatic carbocycles. The van der Waals surface area contributed by atoms with Crippen molar-refractivity contribution in [1.82, 2.24) is 15.2 Å². The number of fused-ring (bicyclic) bond motifs is 3. The summed E-state index contributed by atoms with van der Waals surface area (Å²) in [6, 6.07) is 19.7. The highest BCUT2D eigenvalue weighted by molar-refractivity contribution is 9.10. The summed E-state index contributed by atoms with van der Waals surface area (Å²) in [5.41, 5.74) is 3.36. The number of aromatic nitrogens is 3. The lowest BCUT2D eigenvalue weighted by molar-refractivity contribution is 0.196. The van der Waals surface area contributed by atoms with Crippen molar-refractivity contribution >= 4 is 33.4 Å². The van der Waals surface area contributed by atoms with Gasteiger partial charge >= 0.3 is 0 Å². The predicted octanol–water partition coefficient (Wildman–Crippen LogP) is 5.79. The van der Waals surface area contributed by atoms with Gasteiger partial charge in [-0.25, -0.2) is 0 Å². The average Bonchev–Trinajstić information content (AvgIpc) is 3.18. The third kappa shape index (κ3) is 3.49. The third-order valence-electron chi connectivity index (χ3n) is 4.53. The molecule has 1 unspecified atom stereocenters. The van der Waals surface area contributed by atoms with Crippen molar-refractivity contribution in [1.29, 1.82) is 0 Å². The highest BCUT2D eigenvalue weighted by atomic mass is 79.9. The molecule has 0 amide bonds. The van der Waals surface area contributed by atoms with Gasteiger partial charge in [-0.2, -0.15) is 4.98 Å². The van der Waals surface area contributed by atoms with Gasteiger partial charge in [0, 0.05) is 21.3 Å². The molecule has 6 nitrogen and oxygen atoms in total. The first-order chi connectivity index (χ1) is 14.2. The van der Waals surface area contributed by atoms with E-state index in [0.29, 0.717) is 22.5 Å². The van der Waals surface area contributed by atoms with E-state index in [2.05, 4.69) is 36.4 Å². The van der Waals surface area contributed by atoms with Crippen LogP contribution in [0, 0.1) is 0 Å². The summed E-state index contributed by atoms with van der Waals surface area (Å²) in [5.74, 6) is 1.84. The van der Waals surface area contributed by atoms with E-state index in [4.69, 9.17) is 9.15 Å². The number of para-hydroxylation sites is 1. The molecule has 5 rings (SSSR count). The second kappa shape index (κ2) is 7.53. The van der Waals surface area contributed by atoms with E-state index >= 15 is 0 Å². The second-order valence-electron chi connectivity index (χ2n) is 6.35. The summed E-state index contributed by atoms with van der Waals surface area (Å²) in [4.78, 5) is 4.52. The molecule has 0 aliphatic carbocycles. The molecule has 0 bridgehead atoms. The summed E-state index contributed by atoms with van der Waals surface area (Å²) in [7, 11) is 0. The Hall–Kier alpha value is -2.84. The van der Waals surface area contributed by atoms with Gasteiger partial charge in [0.15, 0.2) is 11.5 Å². The van der Waals surface area contributed by atoms with E-state index < -0.39 is 6.23 Å². The zero-order chi connectivity index (χ0) is 19.8. The molecule has 3 heterocycles. The van der Waals surface area contributed by atoms with Crippen LogP contribution in [0.1, 0.15) is 12.0 Å². The number of rotatable bonds is 3. The van der Waals surface area contributed by atoms with Crippen molar-refractivity contribution in [2.75, 3.05) is 11.6 Å². The van der Waals surface area contributed by atoms with Crippen molar-refractivity contribution in [3.8, 4) is 28.5 Å². The molecule has 1 aliphatic rings. The van der Waals surface area contributed by atoms with Crippen LogP contribution in [0.2, 0.25) is 0 Å². The number of nitrogens with one attached hydrogen (secondary N) is 1. The normalized spacial score (nSPS) is 14.9. The van der Waals surface area contributed by atoms with Crippen molar-refractivity contribution in [3.05, 3.63) is 70.9 Å². The largest absolute Gasteiger partial charge is 0.455 e. The molecule has 0 saturated carbocycles. The van der Waals surface area contributed by atoms with Crippen molar-refractivity contribution in [2.45, 2.75) is 11.4 Å². The van der Waals surface area contributed by atoms with E-state index in [-0.39, 0.29) is 0 Å². The van der Waals surface area contributed by atoms with Crippen molar-refractivity contribution in [3.63, 3.8) is 0 Å². The van der Waals surface area contributed by atoms with E-state index in [1.807, 2.05) is 66.9 Å². The quantitative estimate of drug-likeness (QED) is 0.383. The van der Waals surface area contributed by atoms with Gasteiger partial charge in [-0.1, -0.05) is 58.0 Å².